The summed E-state index contributed by atoms with van der Waals surface area (Å²) in [6, 6.07) is 2.09. The predicted octanol–water partition coefficient (Wildman–Crippen LogP) is 2.58. The minimum atomic E-state index is 0.714. The van der Waals surface area contributed by atoms with E-state index in [2.05, 4.69) is 29.1 Å². The zero-order valence-electron chi connectivity index (χ0n) is 10.2. The summed E-state index contributed by atoms with van der Waals surface area (Å²) < 4.78 is 0. The highest BCUT2D eigenvalue weighted by molar-refractivity contribution is 5.35. The Hall–Kier alpha value is -0.960. The monoisotopic (exact) mass is 221 g/mol. The van der Waals surface area contributed by atoms with Crippen molar-refractivity contribution in [1.82, 2.24) is 9.88 Å². The van der Waals surface area contributed by atoms with Gasteiger partial charge in [0.05, 0.1) is 0 Å². The quantitative estimate of drug-likeness (QED) is 0.820. The van der Waals surface area contributed by atoms with Crippen LogP contribution in [0.4, 0.5) is 5.82 Å². The van der Waals surface area contributed by atoms with Gasteiger partial charge in [0.2, 0.25) is 0 Å². The van der Waals surface area contributed by atoms with Crippen LogP contribution < -0.4 is 5.73 Å². The van der Waals surface area contributed by atoms with Crippen molar-refractivity contribution in [2.45, 2.75) is 38.5 Å². The number of nitrogens with one attached hydrogen (secondary N) is 1. The van der Waals surface area contributed by atoms with Gasteiger partial charge in [0.1, 0.15) is 5.82 Å². The minimum Gasteiger partial charge on any atom is -0.385 e. The third-order valence-electron chi connectivity index (χ3n) is 3.61. The highest BCUT2D eigenvalue weighted by Gasteiger charge is 2.20. The molecule has 0 unspecified atom stereocenters. The molecule has 16 heavy (non-hydrogen) atoms. The molecule has 0 bridgehead atoms. The van der Waals surface area contributed by atoms with Crippen molar-refractivity contribution in [2.24, 2.45) is 0 Å². The van der Waals surface area contributed by atoms with E-state index in [1.54, 1.807) is 0 Å². The Balaban J connectivity index is 1.81. The second-order valence-corrected chi connectivity index (χ2v) is 4.86. The Morgan fingerprint density at radius 2 is 2.19 bits per heavy atom. The number of unbranched alkanes of at least 4 members (excludes halogenated alkanes) is 1. The molecule has 0 spiro atoms. The molecule has 0 aromatic carbocycles. The zero-order valence-corrected chi connectivity index (χ0v) is 10.2. The summed E-state index contributed by atoms with van der Waals surface area (Å²) in [5, 5.41) is 0. The van der Waals surface area contributed by atoms with E-state index in [1.807, 2.05) is 0 Å². The lowest BCUT2D eigenvalue weighted by atomic mass is 9.91. The van der Waals surface area contributed by atoms with Crippen molar-refractivity contribution >= 4 is 5.82 Å². The summed E-state index contributed by atoms with van der Waals surface area (Å²) in [4.78, 5) is 5.67. The van der Waals surface area contributed by atoms with Gasteiger partial charge in [0.15, 0.2) is 0 Å². The average molecular weight is 221 g/mol. The number of aromatic amines is 1. The van der Waals surface area contributed by atoms with Gasteiger partial charge in [-0.2, -0.15) is 0 Å². The Bertz CT molecular complexity index is 311. The van der Waals surface area contributed by atoms with Gasteiger partial charge in [-0.05, 0) is 56.4 Å². The number of nitrogens with two attached hydrogens (primary N) is 1. The smallest absolute Gasteiger partial charge is 0.100 e. The first-order valence-electron chi connectivity index (χ1n) is 6.45. The van der Waals surface area contributed by atoms with Gasteiger partial charge < -0.3 is 15.6 Å². The van der Waals surface area contributed by atoms with Gasteiger partial charge in [-0.25, -0.2) is 0 Å². The van der Waals surface area contributed by atoms with E-state index in [4.69, 9.17) is 5.73 Å². The third-order valence-corrected chi connectivity index (χ3v) is 3.61. The number of rotatable bonds is 4. The average Bonchev–Trinajstić information content (AvgIpc) is 2.74. The summed E-state index contributed by atoms with van der Waals surface area (Å²) in [7, 11) is 0. The van der Waals surface area contributed by atoms with E-state index in [1.165, 1.54) is 50.9 Å². The number of hydrogen-bond donors (Lipinski definition) is 2. The molecule has 0 atom stereocenters. The van der Waals surface area contributed by atoms with Crippen LogP contribution in [-0.4, -0.2) is 29.5 Å². The third kappa shape index (κ3) is 2.79. The van der Waals surface area contributed by atoms with Gasteiger partial charge in [0.25, 0.3) is 0 Å². The molecule has 0 aliphatic carbocycles. The van der Waals surface area contributed by atoms with Crippen LogP contribution >= 0.6 is 0 Å². The lowest BCUT2D eigenvalue weighted by molar-refractivity contribution is 0.210. The maximum Gasteiger partial charge on any atom is 0.100 e. The molecule has 3 heteroatoms. The molecule has 1 aliphatic heterocycles. The SMILES string of the molecule is CCCCN1CCC(c2c[nH]c(N)c2)CC1. The van der Waals surface area contributed by atoms with Gasteiger partial charge in [-0.15, -0.1) is 0 Å². The van der Waals surface area contributed by atoms with Crippen molar-refractivity contribution in [3.8, 4) is 0 Å². The molecule has 2 rings (SSSR count). The molecule has 2 heterocycles. The number of H-pyrrole nitrogens is 1. The molecule has 1 saturated heterocycles. The molecular formula is C13H23N3. The molecule has 1 aromatic heterocycles. The lowest BCUT2D eigenvalue weighted by Gasteiger charge is -2.31. The molecule has 3 nitrogen and oxygen atoms in total. The highest BCUT2D eigenvalue weighted by Crippen LogP contribution is 2.28. The molecule has 90 valence electrons. The molecule has 1 aromatic rings. The summed E-state index contributed by atoms with van der Waals surface area (Å²) in [5.41, 5.74) is 7.11. The van der Waals surface area contributed by atoms with Crippen LogP contribution in [0.5, 0.6) is 0 Å². The second kappa shape index (κ2) is 5.39. The van der Waals surface area contributed by atoms with Crippen molar-refractivity contribution in [3.63, 3.8) is 0 Å². The summed E-state index contributed by atoms with van der Waals surface area (Å²) >= 11 is 0. The first kappa shape index (κ1) is 11.5. The summed E-state index contributed by atoms with van der Waals surface area (Å²) in [5.74, 6) is 1.51. The van der Waals surface area contributed by atoms with Crippen LogP contribution in [0.1, 0.15) is 44.1 Å². The Morgan fingerprint density at radius 1 is 1.44 bits per heavy atom. The van der Waals surface area contributed by atoms with E-state index >= 15 is 0 Å². The van der Waals surface area contributed by atoms with Crippen molar-refractivity contribution < 1.29 is 0 Å². The van der Waals surface area contributed by atoms with E-state index in [0.29, 0.717) is 5.92 Å². The Morgan fingerprint density at radius 3 is 2.75 bits per heavy atom. The van der Waals surface area contributed by atoms with Crippen LogP contribution in [-0.2, 0) is 0 Å². The molecule has 0 saturated carbocycles. The van der Waals surface area contributed by atoms with Gasteiger partial charge >= 0.3 is 0 Å². The first-order valence-corrected chi connectivity index (χ1v) is 6.45. The normalized spacial score (nSPS) is 19.1. The molecule has 0 radical (unpaired) electrons. The van der Waals surface area contributed by atoms with Crippen molar-refractivity contribution in [3.05, 3.63) is 17.8 Å². The van der Waals surface area contributed by atoms with Crippen molar-refractivity contribution in [1.29, 1.82) is 0 Å². The number of hydrogen-bond acceptors (Lipinski definition) is 2. The Kier molecular flexibility index (Phi) is 3.88. The number of likely N-dealkylation sites (tertiary alicyclic amines) is 1. The fraction of sp³-hybridized carbons (Fsp3) is 0.692. The highest BCUT2D eigenvalue weighted by atomic mass is 15.1. The lowest BCUT2D eigenvalue weighted by Crippen LogP contribution is -2.33. The largest absolute Gasteiger partial charge is 0.385 e. The fourth-order valence-electron chi connectivity index (χ4n) is 2.54. The predicted molar refractivity (Wildman–Crippen MR) is 68.5 cm³/mol. The topological polar surface area (TPSA) is 45.0 Å². The molecular weight excluding hydrogens is 198 g/mol. The molecule has 1 aliphatic rings. The maximum atomic E-state index is 5.71. The van der Waals surface area contributed by atoms with Crippen LogP contribution in [0.2, 0.25) is 0 Å². The minimum absolute atomic E-state index is 0.714. The molecule has 1 fully saturated rings. The fourth-order valence-corrected chi connectivity index (χ4v) is 2.54. The van der Waals surface area contributed by atoms with Crippen molar-refractivity contribution in [2.75, 3.05) is 25.4 Å². The first-order chi connectivity index (χ1) is 7.79. The number of piperidine rings is 1. The van der Waals surface area contributed by atoms with Crippen LogP contribution in [0.25, 0.3) is 0 Å². The van der Waals surface area contributed by atoms with Gasteiger partial charge in [-0.1, -0.05) is 13.3 Å². The van der Waals surface area contributed by atoms with Crippen LogP contribution in [0, 0.1) is 0 Å². The number of aromatic nitrogens is 1. The number of nitrogen functional groups attached to an aromatic ring is 1. The van der Waals surface area contributed by atoms with Gasteiger partial charge in [-0.3, -0.25) is 0 Å². The summed E-state index contributed by atoms with van der Waals surface area (Å²) in [6.07, 6.45) is 7.26. The standard InChI is InChI=1S/C13H23N3/c1-2-3-6-16-7-4-11(5-8-16)12-9-13(14)15-10-12/h9-11,15H,2-8,14H2,1H3. The second-order valence-electron chi connectivity index (χ2n) is 4.86. The van der Waals surface area contributed by atoms with Gasteiger partial charge in [0, 0.05) is 6.20 Å². The van der Waals surface area contributed by atoms with Crippen LogP contribution in [0.3, 0.4) is 0 Å². The number of anilines is 1. The zero-order chi connectivity index (χ0) is 11.4. The molecule has 3 N–H and O–H groups in total. The Labute approximate surface area is 98.0 Å². The number of nitrogens with zero attached hydrogens (tertiary/aromatic N) is 1. The van der Waals surface area contributed by atoms with E-state index < -0.39 is 0 Å². The van der Waals surface area contributed by atoms with Crippen LogP contribution in [0.15, 0.2) is 12.3 Å². The van der Waals surface area contributed by atoms with E-state index in [-0.39, 0.29) is 0 Å². The maximum absolute atomic E-state index is 5.71. The molecule has 0 amide bonds. The van der Waals surface area contributed by atoms with E-state index in [0.717, 1.165) is 5.82 Å². The van der Waals surface area contributed by atoms with E-state index in [9.17, 15) is 0 Å². The summed E-state index contributed by atoms with van der Waals surface area (Å²) in [6.45, 7) is 6.03.